The predicted molar refractivity (Wildman–Crippen MR) is 89.1 cm³/mol. The smallest absolute Gasteiger partial charge is 0.0722 e. The molecule has 20 heavy (non-hydrogen) atoms. The molecule has 0 unspecified atom stereocenters. The fraction of sp³-hybridized carbons (Fsp3) is 0.647. The molecular weight excluding hydrogens is 363 g/mol. The van der Waals surface area contributed by atoms with E-state index in [0.29, 0.717) is 22.7 Å². The number of benzene rings is 1. The van der Waals surface area contributed by atoms with Crippen LogP contribution >= 0.6 is 22.6 Å². The Kier molecular flexibility index (Phi) is 5.35. The van der Waals surface area contributed by atoms with Crippen LogP contribution in [-0.4, -0.2) is 22.7 Å². The Balaban J connectivity index is 1.42. The molecule has 2 fully saturated rings. The van der Waals surface area contributed by atoms with Crippen LogP contribution in [0.15, 0.2) is 30.3 Å². The SMILES string of the molecule is I[C@@H](COCc1ccccc1)[C@@H]1C[C@@H]2CCCC[C@H]2O1. The molecule has 1 aromatic rings. The average molecular weight is 386 g/mol. The Bertz CT molecular complexity index is 395. The summed E-state index contributed by atoms with van der Waals surface area (Å²) >= 11 is 2.51. The summed E-state index contributed by atoms with van der Waals surface area (Å²) in [6, 6.07) is 10.4. The summed E-state index contributed by atoms with van der Waals surface area (Å²) in [5.41, 5.74) is 1.25. The average Bonchev–Trinajstić information content (AvgIpc) is 2.92. The molecule has 1 heterocycles. The molecule has 2 aliphatic rings. The quantitative estimate of drug-likeness (QED) is 0.553. The molecular formula is C17H23IO2. The van der Waals surface area contributed by atoms with E-state index < -0.39 is 0 Å². The van der Waals surface area contributed by atoms with Crippen molar-refractivity contribution in [2.45, 2.75) is 54.8 Å². The molecule has 1 aromatic carbocycles. The molecule has 0 radical (unpaired) electrons. The molecule has 4 atom stereocenters. The van der Waals surface area contributed by atoms with Crippen LogP contribution in [0.3, 0.4) is 0 Å². The number of hydrogen-bond donors (Lipinski definition) is 0. The summed E-state index contributed by atoms with van der Waals surface area (Å²) in [4.78, 5) is 0. The first-order chi connectivity index (χ1) is 9.83. The minimum absolute atomic E-state index is 0.402. The van der Waals surface area contributed by atoms with Crippen LogP contribution in [0.1, 0.15) is 37.7 Å². The highest BCUT2D eigenvalue weighted by atomic mass is 127. The summed E-state index contributed by atoms with van der Waals surface area (Å²) in [5.74, 6) is 0.820. The second-order valence-electron chi connectivity index (χ2n) is 6.01. The summed E-state index contributed by atoms with van der Waals surface area (Å²) in [7, 11) is 0. The lowest BCUT2D eigenvalue weighted by Gasteiger charge is -2.23. The highest BCUT2D eigenvalue weighted by Gasteiger charge is 2.39. The van der Waals surface area contributed by atoms with E-state index >= 15 is 0 Å². The van der Waals surface area contributed by atoms with E-state index in [2.05, 4.69) is 46.9 Å². The minimum Gasteiger partial charge on any atom is -0.376 e. The zero-order valence-corrected chi connectivity index (χ0v) is 14.0. The Morgan fingerprint density at radius 1 is 1.20 bits per heavy atom. The fourth-order valence-electron chi connectivity index (χ4n) is 3.40. The molecule has 1 saturated carbocycles. The van der Waals surface area contributed by atoms with E-state index in [1.807, 2.05) is 6.07 Å². The molecule has 2 nitrogen and oxygen atoms in total. The molecule has 0 aromatic heterocycles. The Hall–Kier alpha value is -0.130. The van der Waals surface area contributed by atoms with Gasteiger partial charge in [-0.25, -0.2) is 0 Å². The standard InChI is InChI=1S/C17H23IO2/c18-15(12-19-11-13-6-2-1-3-7-13)17-10-14-8-4-5-9-16(14)20-17/h1-3,6-7,14-17H,4-5,8-12H2/t14-,15-,16+,17-/m0/s1. The van der Waals surface area contributed by atoms with Crippen molar-refractivity contribution in [2.24, 2.45) is 5.92 Å². The molecule has 3 heteroatoms. The maximum atomic E-state index is 6.24. The third-order valence-electron chi connectivity index (χ3n) is 4.52. The Labute approximate surface area is 135 Å². The van der Waals surface area contributed by atoms with Crippen LogP contribution in [0.5, 0.6) is 0 Å². The number of alkyl halides is 1. The van der Waals surface area contributed by atoms with Gasteiger partial charge in [-0.3, -0.25) is 0 Å². The Morgan fingerprint density at radius 3 is 2.80 bits per heavy atom. The second-order valence-corrected chi connectivity index (χ2v) is 7.61. The van der Waals surface area contributed by atoms with Gasteiger partial charge in [-0.05, 0) is 30.7 Å². The molecule has 1 aliphatic carbocycles. The first-order valence-corrected chi connectivity index (χ1v) is 8.98. The van der Waals surface area contributed by atoms with Gasteiger partial charge in [0.05, 0.1) is 29.3 Å². The minimum atomic E-state index is 0.402. The summed E-state index contributed by atoms with van der Waals surface area (Å²) in [6.07, 6.45) is 7.58. The van der Waals surface area contributed by atoms with E-state index in [4.69, 9.17) is 9.47 Å². The normalized spacial score (nSPS) is 30.9. The molecule has 0 bridgehead atoms. The molecule has 110 valence electrons. The fourth-order valence-corrected chi connectivity index (χ4v) is 4.12. The second kappa shape index (κ2) is 7.23. The largest absolute Gasteiger partial charge is 0.376 e. The van der Waals surface area contributed by atoms with Gasteiger partial charge in [0.15, 0.2) is 0 Å². The maximum absolute atomic E-state index is 6.24. The van der Waals surface area contributed by atoms with E-state index in [0.717, 1.165) is 12.5 Å². The van der Waals surface area contributed by atoms with Crippen molar-refractivity contribution in [1.82, 2.24) is 0 Å². The lowest BCUT2D eigenvalue weighted by Crippen LogP contribution is -2.25. The highest BCUT2D eigenvalue weighted by molar-refractivity contribution is 14.1. The lowest BCUT2D eigenvalue weighted by molar-refractivity contribution is 0.00614. The van der Waals surface area contributed by atoms with Gasteiger partial charge in [-0.15, -0.1) is 0 Å². The third-order valence-corrected chi connectivity index (χ3v) is 5.68. The number of fused-ring (bicyclic) bond motifs is 1. The lowest BCUT2D eigenvalue weighted by atomic mass is 9.85. The van der Waals surface area contributed by atoms with Gasteiger partial charge in [-0.1, -0.05) is 65.8 Å². The molecule has 1 aliphatic heterocycles. The first-order valence-electron chi connectivity index (χ1n) is 7.74. The van der Waals surface area contributed by atoms with Crippen molar-refractivity contribution in [2.75, 3.05) is 6.61 Å². The van der Waals surface area contributed by atoms with Crippen molar-refractivity contribution >= 4 is 22.6 Å². The number of ether oxygens (including phenoxy) is 2. The van der Waals surface area contributed by atoms with E-state index in [-0.39, 0.29) is 0 Å². The molecule has 0 N–H and O–H groups in total. The van der Waals surface area contributed by atoms with Gasteiger partial charge in [0.25, 0.3) is 0 Å². The molecule has 1 saturated heterocycles. The van der Waals surface area contributed by atoms with Crippen molar-refractivity contribution in [3.63, 3.8) is 0 Å². The summed E-state index contributed by atoms with van der Waals surface area (Å²) < 4.78 is 12.6. The van der Waals surface area contributed by atoms with Crippen LogP contribution in [0.2, 0.25) is 0 Å². The number of hydrogen-bond acceptors (Lipinski definition) is 2. The van der Waals surface area contributed by atoms with Crippen molar-refractivity contribution in [3.05, 3.63) is 35.9 Å². The van der Waals surface area contributed by atoms with Gasteiger partial charge in [-0.2, -0.15) is 0 Å². The zero-order valence-electron chi connectivity index (χ0n) is 11.8. The third kappa shape index (κ3) is 3.74. The van der Waals surface area contributed by atoms with Crippen LogP contribution in [0.25, 0.3) is 0 Å². The zero-order chi connectivity index (χ0) is 13.8. The summed E-state index contributed by atoms with van der Waals surface area (Å²) in [6.45, 7) is 1.50. The molecule has 3 rings (SSSR count). The van der Waals surface area contributed by atoms with Gasteiger partial charge in [0, 0.05) is 0 Å². The first kappa shape index (κ1) is 14.8. The van der Waals surface area contributed by atoms with Crippen LogP contribution in [-0.2, 0) is 16.1 Å². The van der Waals surface area contributed by atoms with Gasteiger partial charge in [0.1, 0.15) is 0 Å². The van der Waals surface area contributed by atoms with Gasteiger partial charge in [0.2, 0.25) is 0 Å². The topological polar surface area (TPSA) is 18.5 Å². The predicted octanol–water partition coefficient (Wildman–Crippen LogP) is 4.35. The van der Waals surface area contributed by atoms with Gasteiger partial charge >= 0.3 is 0 Å². The Morgan fingerprint density at radius 2 is 2.00 bits per heavy atom. The molecule has 0 amide bonds. The van der Waals surface area contributed by atoms with Crippen LogP contribution in [0, 0.1) is 5.92 Å². The monoisotopic (exact) mass is 386 g/mol. The summed E-state index contributed by atoms with van der Waals surface area (Å²) in [5, 5.41) is 0. The van der Waals surface area contributed by atoms with Crippen LogP contribution in [0.4, 0.5) is 0 Å². The van der Waals surface area contributed by atoms with Crippen molar-refractivity contribution < 1.29 is 9.47 Å². The van der Waals surface area contributed by atoms with E-state index in [9.17, 15) is 0 Å². The number of rotatable bonds is 5. The van der Waals surface area contributed by atoms with E-state index in [1.165, 1.54) is 37.7 Å². The van der Waals surface area contributed by atoms with Crippen molar-refractivity contribution in [1.29, 1.82) is 0 Å². The van der Waals surface area contributed by atoms with Crippen molar-refractivity contribution in [3.8, 4) is 0 Å². The van der Waals surface area contributed by atoms with Crippen LogP contribution < -0.4 is 0 Å². The maximum Gasteiger partial charge on any atom is 0.0722 e. The highest BCUT2D eigenvalue weighted by Crippen LogP contribution is 2.39. The van der Waals surface area contributed by atoms with Gasteiger partial charge < -0.3 is 9.47 Å². The molecule has 0 spiro atoms. The number of halogens is 1. The van der Waals surface area contributed by atoms with E-state index in [1.54, 1.807) is 0 Å².